The van der Waals surface area contributed by atoms with E-state index in [2.05, 4.69) is 0 Å². The zero-order valence-corrected chi connectivity index (χ0v) is 21.8. The molecule has 1 rings (SSSR count). The Kier molecular flexibility index (Phi) is 11.4. The zero-order valence-electron chi connectivity index (χ0n) is 21.8. The summed E-state index contributed by atoms with van der Waals surface area (Å²) in [5.41, 5.74) is 4.93. The number of carbonyl (C=O) groups excluding carboxylic acids is 3. The van der Waals surface area contributed by atoms with E-state index in [-0.39, 0.29) is 42.1 Å². The number of carboxylic acids is 1. The fourth-order valence-electron chi connectivity index (χ4n) is 3.07. The van der Waals surface area contributed by atoms with E-state index in [1.807, 2.05) is 13.8 Å². The molecule has 0 aliphatic carbocycles. The second-order valence-corrected chi connectivity index (χ2v) is 9.49. The Morgan fingerprint density at radius 1 is 0.886 bits per heavy atom. The largest absolute Gasteiger partial charge is 0.480 e. The van der Waals surface area contributed by atoms with Gasteiger partial charge in [0.25, 0.3) is 0 Å². The van der Waals surface area contributed by atoms with Crippen LogP contribution in [0.5, 0.6) is 11.5 Å². The Balaban J connectivity index is 3.26. The molecular weight excluding hydrogens is 454 g/mol. The fourth-order valence-corrected chi connectivity index (χ4v) is 3.07. The van der Waals surface area contributed by atoms with Gasteiger partial charge in [-0.1, -0.05) is 47.6 Å². The molecule has 3 N–H and O–H groups in total. The average molecular weight is 494 g/mol. The number of carboxylic acid groups (broad SMARTS) is 1. The van der Waals surface area contributed by atoms with Crippen LogP contribution in [0.3, 0.4) is 0 Å². The molecular formula is C26H39NO8. The topological polar surface area (TPSA) is 142 Å². The lowest BCUT2D eigenvalue weighted by atomic mass is 9.86. The number of aliphatic carboxylic acids is 1. The summed E-state index contributed by atoms with van der Waals surface area (Å²) < 4.78 is 16.3. The third-order valence-electron chi connectivity index (χ3n) is 5.84. The Morgan fingerprint density at radius 3 is 1.86 bits per heavy atom. The van der Waals surface area contributed by atoms with Crippen LogP contribution in [0.2, 0.25) is 0 Å². The first-order valence-electron chi connectivity index (χ1n) is 12.0. The van der Waals surface area contributed by atoms with Crippen LogP contribution in [-0.2, 0) is 30.3 Å². The molecule has 0 heterocycles. The molecule has 1 aromatic rings. The van der Waals surface area contributed by atoms with E-state index in [1.54, 1.807) is 40.7 Å². The lowest BCUT2D eigenvalue weighted by Gasteiger charge is -2.28. The van der Waals surface area contributed by atoms with E-state index < -0.39 is 35.5 Å². The van der Waals surface area contributed by atoms with Crippen LogP contribution in [-0.4, -0.2) is 40.6 Å². The molecule has 9 heteroatoms. The minimum absolute atomic E-state index is 0.0106. The summed E-state index contributed by atoms with van der Waals surface area (Å²) in [6.07, 6.45) is 0.127. The minimum atomic E-state index is -1.76. The smallest absolute Gasteiger partial charge is 0.324 e. The molecule has 0 aromatic heterocycles. The van der Waals surface area contributed by atoms with E-state index in [9.17, 15) is 24.3 Å². The number of benzene rings is 1. The summed E-state index contributed by atoms with van der Waals surface area (Å²) >= 11 is 0. The zero-order chi connectivity index (χ0) is 26.9. The Bertz CT molecular complexity index is 913. The van der Waals surface area contributed by atoms with Crippen LogP contribution >= 0.6 is 0 Å². The predicted molar refractivity (Wildman–Crippen MR) is 130 cm³/mol. The summed E-state index contributed by atoms with van der Waals surface area (Å²) in [5.74, 6) is -3.72. The Labute approximate surface area is 207 Å². The number of ether oxygens (including phenoxy) is 3. The number of hydrogen-bond acceptors (Lipinski definition) is 8. The molecule has 196 valence electrons. The van der Waals surface area contributed by atoms with E-state index >= 15 is 0 Å². The van der Waals surface area contributed by atoms with Crippen molar-refractivity contribution >= 4 is 23.9 Å². The Morgan fingerprint density at radius 2 is 1.40 bits per heavy atom. The second-order valence-electron chi connectivity index (χ2n) is 9.49. The van der Waals surface area contributed by atoms with Crippen molar-refractivity contribution in [2.75, 3.05) is 0 Å². The number of carbonyl (C=O) groups is 4. The quantitative estimate of drug-likeness (QED) is 0.309. The lowest BCUT2D eigenvalue weighted by molar-refractivity contribution is -0.156. The van der Waals surface area contributed by atoms with Gasteiger partial charge in [-0.05, 0) is 37.5 Å². The molecule has 3 unspecified atom stereocenters. The molecule has 0 radical (unpaired) electrons. The number of hydrogen-bond donors (Lipinski definition) is 2. The number of esters is 3. The molecule has 0 saturated heterocycles. The highest BCUT2D eigenvalue weighted by Crippen LogP contribution is 2.32. The van der Waals surface area contributed by atoms with E-state index in [4.69, 9.17) is 19.9 Å². The minimum Gasteiger partial charge on any atom is -0.480 e. The molecule has 0 spiro atoms. The van der Waals surface area contributed by atoms with Crippen LogP contribution in [0.25, 0.3) is 0 Å². The number of nitrogens with two attached hydrogens (primary N) is 1. The first kappa shape index (κ1) is 30.1. The molecule has 9 nitrogen and oxygen atoms in total. The van der Waals surface area contributed by atoms with Crippen LogP contribution in [0.1, 0.15) is 73.3 Å². The summed E-state index contributed by atoms with van der Waals surface area (Å²) in [4.78, 5) is 48.7. The Hall–Kier alpha value is -2.94. The first-order chi connectivity index (χ1) is 16.2. The van der Waals surface area contributed by atoms with Crippen LogP contribution in [0, 0.1) is 17.8 Å². The van der Waals surface area contributed by atoms with Gasteiger partial charge in [-0.2, -0.15) is 0 Å². The van der Waals surface area contributed by atoms with Crippen LogP contribution < -0.4 is 15.2 Å². The van der Waals surface area contributed by atoms with Gasteiger partial charge in [0.2, 0.25) is 0 Å². The molecule has 0 amide bonds. The van der Waals surface area contributed by atoms with Gasteiger partial charge in [0.15, 0.2) is 11.5 Å². The van der Waals surface area contributed by atoms with Gasteiger partial charge < -0.3 is 25.1 Å². The van der Waals surface area contributed by atoms with Crippen molar-refractivity contribution in [1.82, 2.24) is 0 Å². The highest BCUT2D eigenvalue weighted by Gasteiger charge is 2.37. The van der Waals surface area contributed by atoms with Gasteiger partial charge in [-0.25, -0.2) is 0 Å². The molecule has 0 saturated carbocycles. The maximum atomic E-state index is 12.4. The molecule has 4 atom stereocenters. The SMILES string of the molecule is CCC(C)C(=O)Oc1ccc(CC(N)(C[C@H](C)OC(=O)C(C)C)C(=O)O)cc1OC(=O)C(C)CC. The standard InChI is InChI=1S/C26H39NO8/c1-8-16(5)23(29)34-20-11-10-19(12-21(20)35-24(30)17(6)9-2)14-26(27,25(31)32)13-18(7)33-22(28)15(3)4/h10-12,15-18H,8-9,13-14,27H2,1-7H3,(H,31,32)/t16?,17?,18-,26?/m0/s1. The van der Waals surface area contributed by atoms with Crippen molar-refractivity contribution in [3.8, 4) is 11.5 Å². The average Bonchev–Trinajstić information content (AvgIpc) is 2.78. The van der Waals surface area contributed by atoms with Crippen molar-refractivity contribution in [3.63, 3.8) is 0 Å². The predicted octanol–water partition coefficient (Wildman–Crippen LogP) is 3.89. The van der Waals surface area contributed by atoms with Crippen molar-refractivity contribution in [3.05, 3.63) is 23.8 Å². The summed E-state index contributed by atoms with van der Waals surface area (Å²) in [7, 11) is 0. The molecule has 0 bridgehead atoms. The summed E-state index contributed by atoms with van der Waals surface area (Å²) in [6, 6.07) is 4.48. The van der Waals surface area contributed by atoms with Gasteiger partial charge in [0.1, 0.15) is 11.6 Å². The lowest BCUT2D eigenvalue weighted by Crippen LogP contribution is -2.52. The molecule has 0 aliphatic rings. The normalized spacial score (nSPS) is 15.5. The highest BCUT2D eigenvalue weighted by atomic mass is 16.6. The monoisotopic (exact) mass is 493 g/mol. The van der Waals surface area contributed by atoms with Crippen LogP contribution in [0.15, 0.2) is 18.2 Å². The van der Waals surface area contributed by atoms with Gasteiger partial charge in [-0.15, -0.1) is 0 Å². The van der Waals surface area contributed by atoms with Crippen molar-refractivity contribution in [2.45, 2.75) is 85.8 Å². The fraction of sp³-hybridized carbons (Fsp3) is 0.615. The van der Waals surface area contributed by atoms with Gasteiger partial charge in [0, 0.05) is 12.8 Å². The first-order valence-corrected chi connectivity index (χ1v) is 12.0. The third-order valence-corrected chi connectivity index (χ3v) is 5.84. The summed E-state index contributed by atoms with van der Waals surface area (Å²) in [5, 5.41) is 9.85. The summed E-state index contributed by atoms with van der Waals surface area (Å²) in [6.45, 7) is 12.1. The van der Waals surface area contributed by atoms with E-state index in [1.165, 1.54) is 12.1 Å². The third kappa shape index (κ3) is 8.98. The van der Waals surface area contributed by atoms with Crippen LogP contribution in [0.4, 0.5) is 0 Å². The van der Waals surface area contributed by atoms with E-state index in [0.717, 1.165) is 0 Å². The van der Waals surface area contributed by atoms with Gasteiger partial charge >= 0.3 is 23.9 Å². The number of rotatable bonds is 13. The molecule has 35 heavy (non-hydrogen) atoms. The van der Waals surface area contributed by atoms with Crippen molar-refractivity contribution in [2.24, 2.45) is 23.5 Å². The molecule has 0 fully saturated rings. The maximum Gasteiger partial charge on any atom is 0.324 e. The molecule has 0 aliphatic heterocycles. The van der Waals surface area contributed by atoms with E-state index in [0.29, 0.717) is 18.4 Å². The van der Waals surface area contributed by atoms with Crippen molar-refractivity contribution in [1.29, 1.82) is 0 Å². The van der Waals surface area contributed by atoms with Gasteiger partial charge in [0.05, 0.1) is 17.8 Å². The van der Waals surface area contributed by atoms with Crippen molar-refractivity contribution < 1.29 is 38.5 Å². The maximum absolute atomic E-state index is 12.4. The molecule has 1 aromatic carbocycles. The van der Waals surface area contributed by atoms with Gasteiger partial charge in [-0.3, -0.25) is 19.2 Å². The highest BCUT2D eigenvalue weighted by molar-refractivity contribution is 5.80. The second kappa shape index (κ2) is 13.2.